The summed E-state index contributed by atoms with van der Waals surface area (Å²) in [6.45, 7) is 0.940. The fourth-order valence-electron chi connectivity index (χ4n) is 2.47. The largest absolute Gasteiger partial charge is 0.478 e. The van der Waals surface area contributed by atoms with E-state index in [0.29, 0.717) is 5.56 Å². The van der Waals surface area contributed by atoms with Crippen molar-refractivity contribution >= 4 is 27.6 Å². The van der Waals surface area contributed by atoms with Gasteiger partial charge in [-0.3, -0.25) is 0 Å². The van der Waals surface area contributed by atoms with Gasteiger partial charge >= 0.3 is 5.97 Å². The van der Waals surface area contributed by atoms with Crippen molar-refractivity contribution in [1.82, 2.24) is 0 Å². The second kappa shape index (κ2) is 6.23. The minimum atomic E-state index is -0.892. The van der Waals surface area contributed by atoms with Crippen LogP contribution in [0.5, 0.6) is 0 Å². The highest BCUT2D eigenvalue weighted by Gasteiger charge is 2.13. The molecule has 0 unspecified atom stereocenters. The van der Waals surface area contributed by atoms with Gasteiger partial charge in [-0.2, -0.15) is 0 Å². The molecule has 1 aliphatic carbocycles. The van der Waals surface area contributed by atoms with Gasteiger partial charge in [0.15, 0.2) is 0 Å². The van der Waals surface area contributed by atoms with E-state index in [1.165, 1.54) is 32.1 Å². The molecule has 0 heterocycles. The summed E-state index contributed by atoms with van der Waals surface area (Å²) in [7, 11) is 0. The lowest BCUT2D eigenvalue weighted by Crippen LogP contribution is -2.17. The smallest absolute Gasteiger partial charge is 0.335 e. The Morgan fingerprint density at radius 3 is 2.67 bits per heavy atom. The van der Waals surface area contributed by atoms with Crippen LogP contribution in [0.15, 0.2) is 22.7 Å². The van der Waals surface area contributed by atoms with Gasteiger partial charge < -0.3 is 10.4 Å². The van der Waals surface area contributed by atoms with Gasteiger partial charge in [-0.15, -0.1) is 0 Å². The molecule has 0 saturated heterocycles. The van der Waals surface area contributed by atoms with Gasteiger partial charge in [-0.1, -0.05) is 35.2 Å². The Balaban J connectivity index is 1.97. The number of aromatic carboxylic acids is 1. The molecule has 0 radical (unpaired) electrons. The molecule has 0 bridgehead atoms. The molecule has 1 saturated carbocycles. The number of carboxylic acid groups (broad SMARTS) is 1. The average Bonchev–Trinajstić information content (AvgIpc) is 2.37. The third-order valence-electron chi connectivity index (χ3n) is 3.46. The normalized spacial score (nSPS) is 16.5. The van der Waals surface area contributed by atoms with E-state index < -0.39 is 5.97 Å². The lowest BCUT2D eigenvalue weighted by atomic mass is 9.89. The molecule has 0 amide bonds. The van der Waals surface area contributed by atoms with Crippen LogP contribution in [0.3, 0.4) is 0 Å². The molecule has 1 aromatic carbocycles. The molecule has 0 aromatic heterocycles. The highest BCUT2D eigenvalue weighted by molar-refractivity contribution is 9.10. The summed E-state index contributed by atoms with van der Waals surface area (Å²) in [5, 5.41) is 12.4. The Bertz CT molecular complexity index is 428. The Morgan fingerprint density at radius 2 is 2.00 bits per heavy atom. The first kappa shape index (κ1) is 13.4. The third-order valence-corrected chi connectivity index (χ3v) is 3.92. The molecule has 18 heavy (non-hydrogen) atoms. The summed E-state index contributed by atoms with van der Waals surface area (Å²) in [5.41, 5.74) is 1.20. The van der Waals surface area contributed by atoms with Crippen molar-refractivity contribution in [2.45, 2.75) is 32.1 Å². The fourth-order valence-corrected chi connectivity index (χ4v) is 2.96. The van der Waals surface area contributed by atoms with E-state index in [9.17, 15) is 4.79 Å². The van der Waals surface area contributed by atoms with Gasteiger partial charge in [0.25, 0.3) is 0 Å². The summed E-state index contributed by atoms with van der Waals surface area (Å²) >= 11 is 3.34. The second-order valence-electron chi connectivity index (χ2n) is 4.92. The molecule has 3 nitrogen and oxygen atoms in total. The molecule has 2 N–H and O–H groups in total. The minimum Gasteiger partial charge on any atom is -0.478 e. The molecular weight excluding hydrogens is 294 g/mol. The summed E-state index contributed by atoms with van der Waals surface area (Å²) < 4.78 is 0.800. The third kappa shape index (κ3) is 3.73. The number of carbonyl (C=O) groups is 1. The van der Waals surface area contributed by atoms with Crippen LogP contribution in [0.25, 0.3) is 0 Å². The highest BCUT2D eigenvalue weighted by Crippen LogP contribution is 2.25. The van der Waals surface area contributed by atoms with Gasteiger partial charge in [0.1, 0.15) is 0 Å². The molecule has 2 rings (SSSR count). The lowest BCUT2D eigenvalue weighted by Gasteiger charge is -2.22. The first-order valence-corrected chi connectivity index (χ1v) is 7.22. The van der Waals surface area contributed by atoms with Crippen LogP contribution in [0.2, 0.25) is 0 Å². The number of hydrogen-bond acceptors (Lipinski definition) is 2. The molecule has 0 atom stereocenters. The zero-order valence-corrected chi connectivity index (χ0v) is 11.9. The molecule has 0 aliphatic heterocycles. The fraction of sp³-hybridized carbons (Fsp3) is 0.500. The monoisotopic (exact) mass is 311 g/mol. The number of halogens is 1. The number of rotatable bonds is 4. The van der Waals surface area contributed by atoms with Crippen LogP contribution in [0, 0.1) is 5.92 Å². The van der Waals surface area contributed by atoms with Crippen LogP contribution in [0.4, 0.5) is 5.69 Å². The molecule has 0 spiro atoms. The van der Waals surface area contributed by atoms with Gasteiger partial charge in [-0.05, 0) is 37.0 Å². The van der Waals surface area contributed by atoms with Crippen molar-refractivity contribution in [3.05, 3.63) is 28.2 Å². The summed E-state index contributed by atoms with van der Waals surface area (Å²) in [4.78, 5) is 11.0. The van der Waals surface area contributed by atoms with E-state index in [4.69, 9.17) is 5.11 Å². The zero-order valence-electron chi connectivity index (χ0n) is 10.3. The van der Waals surface area contributed by atoms with E-state index in [0.717, 1.165) is 22.6 Å². The maximum absolute atomic E-state index is 11.0. The average molecular weight is 312 g/mol. The summed E-state index contributed by atoms with van der Waals surface area (Å²) in [6.07, 6.45) is 6.58. The maximum atomic E-state index is 11.0. The first-order chi connectivity index (χ1) is 8.65. The number of hydrogen-bond donors (Lipinski definition) is 2. The standard InChI is InChI=1S/C14H18BrNO2/c15-12-6-11(14(17)18)7-13(8-12)16-9-10-4-2-1-3-5-10/h6-8,10,16H,1-5,9H2,(H,17,18). The van der Waals surface area contributed by atoms with Gasteiger partial charge in [0, 0.05) is 16.7 Å². The predicted octanol–water partition coefficient (Wildman–Crippen LogP) is 4.14. The van der Waals surface area contributed by atoms with E-state index in [1.54, 1.807) is 12.1 Å². The maximum Gasteiger partial charge on any atom is 0.335 e. The Morgan fingerprint density at radius 1 is 1.28 bits per heavy atom. The predicted molar refractivity (Wildman–Crippen MR) is 76.2 cm³/mol. The molecule has 1 fully saturated rings. The Kier molecular flexibility index (Phi) is 4.64. The van der Waals surface area contributed by atoms with Crippen LogP contribution >= 0.6 is 15.9 Å². The van der Waals surface area contributed by atoms with Crippen molar-refractivity contribution < 1.29 is 9.90 Å². The van der Waals surface area contributed by atoms with Crippen molar-refractivity contribution in [2.75, 3.05) is 11.9 Å². The van der Waals surface area contributed by atoms with Crippen molar-refractivity contribution in [3.8, 4) is 0 Å². The molecule has 1 aliphatic rings. The van der Waals surface area contributed by atoms with E-state index in [2.05, 4.69) is 21.2 Å². The van der Waals surface area contributed by atoms with Crippen LogP contribution in [-0.4, -0.2) is 17.6 Å². The molecule has 1 aromatic rings. The molecule has 98 valence electrons. The zero-order chi connectivity index (χ0) is 13.0. The van der Waals surface area contributed by atoms with Gasteiger partial charge in [0.2, 0.25) is 0 Å². The van der Waals surface area contributed by atoms with E-state index in [1.807, 2.05) is 6.07 Å². The highest BCUT2D eigenvalue weighted by atomic mass is 79.9. The molecular formula is C14H18BrNO2. The van der Waals surface area contributed by atoms with Gasteiger partial charge in [0.05, 0.1) is 5.56 Å². The number of benzene rings is 1. The Hall–Kier alpha value is -1.03. The summed E-state index contributed by atoms with van der Waals surface area (Å²) in [5.74, 6) is -0.164. The van der Waals surface area contributed by atoms with Crippen LogP contribution in [-0.2, 0) is 0 Å². The second-order valence-corrected chi connectivity index (χ2v) is 5.83. The van der Waals surface area contributed by atoms with Gasteiger partial charge in [-0.25, -0.2) is 4.79 Å². The Labute approximate surface area is 116 Å². The lowest BCUT2D eigenvalue weighted by molar-refractivity contribution is 0.0697. The first-order valence-electron chi connectivity index (χ1n) is 6.43. The minimum absolute atomic E-state index is 0.315. The number of anilines is 1. The van der Waals surface area contributed by atoms with Crippen molar-refractivity contribution in [3.63, 3.8) is 0 Å². The van der Waals surface area contributed by atoms with Crippen molar-refractivity contribution in [2.24, 2.45) is 5.92 Å². The van der Waals surface area contributed by atoms with Crippen LogP contribution in [0.1, 0.15) is 42.5 Å². The summed E-state index contributed by atoms with van der Waals surface area (Å²) in [6, 6.07) is 5.24. The number of carboxylic acids is 1. The van der Waals surface area contributed by atoms with Crippen molar-refractivity contribution in [1.29, 1.82) is 0 Å². The SMILES string of the molecule is O=C(O)c1cc(Br)cc(NCC2CCCCC2)c1. The quantitative estimate of drug-likeness (QED) is 0.878. The number of nitrogens with one attached hydrogen (secondary N) is 1. The molecule has 4 heteroatoms. The van der Waals surface area contributed by atoms with E-state index >= 15 is 0 Å². The van der Waals surface area contributed by atoms with E-state index in [-0.39, 0.29) is 0 Å². The van der Waals surface area contributed by atoms with Crippen LogP contribution < -0.4 is 5.32 Å². The topological polar surface area (TPSA) is 49.3 Å².